The molecule has 2 aromatic rings. The van der Waals surface area contributed by atoms with Crippen molar-refractivity contribution in [2.45, 2.75) is 68.4 Å². The number of nitrogens with one attached hydrogen (secondary N) is 2. The van der Waals surface area contributed by atoms with E-state index >= 15 is 0 Å². The molecule has 2 rings (SSSR count). The number of carbonyl (C=O) groups is 4. The fourth-order valence-electron chi connectivity index (χ4n) is 3.25. The maximum absolute atomic E-state index is 13.0. The maximum atomic E-state index is 13.0. The van der Waals surface area contributed by atoms with E-state index in [1.807, 2.05) is 6.92 Å². The van der Waals surface area contributed by atoms with Gasteiger partial charge in [0.25, 0.3) is 0 Å². The number of H-pyrrole nitrogens is 1. The molecule has 2 N–H and O–H groups in total. The monoisotopic (exact) mass is 446 g/mol. The van der Waals surface area contributed by atoms with Gasteiger partial charge in [0.1, 0.15) is 5.00 Å². The van der Waals surface area contributed by atoms with Crippen molar-refractivity contribution in [1.82, 2.24) is 4.98 Å². The first-order valence-corrected chi connectivity index (χ1v) is 10.8. The van der Waals surface area contributed by atoms with Gasteiger partial charge >= 0.3 is 5.97 Å². The zero-order valence-electron chi connectivity index (χ0n) is 19.5. The fourth-order valence-corrected chi connectivity index (χ4v) is 4.30. The van der Waals surface area contributed by atoms with Crippen LogP contribution in [0.25, 0.3) is 0 Å². The lowest BCUT2D eigenvalue weighted by molar-refractivity contribution is -0.123. The first kappa shape index (κ1) is 24.5. The molecule has 1 unspecified atom stereocenters. The van der Waals surface area contributed by atoms with Crippen molar-refractivity contribution in [3.05, 3.63) is 38.5 Å². The zero-order chi connectivity index (χ0) is 23.8. The lowest BCUT2D eigenvalue weighted by Gasteiger charge is -2.18. The van der Waals surface area contributed by atoms with E-state index in [9.17, 15) is 19.2 Å². The van der Waals surface area contributed by atoms with Gasteiger partial charge in [0, 0.05) is 21.5 Å². The summed E-state index contributed by atoms with van der Waals surface area (Å²) in [7, 11) is 0. The molecule has 1 amide bonds. The van der Waals surface area contributed by atoms with E-state index in [1.165, 1.54) is 25.2 Å². The van der Waals surface area contributed by atoms with Gasteiger partial charge in [-0.2, -0.15) is 0 Å². The van der Waals surface area contributed by atoms with Crippen LogP contribution in [0.5, 0.6) is 0 Å². The van der Waals surface area contributed by atoms with Crippen molar-refractivity contribution in [1.29, 1.82) is 0 Å². The maximum Gasteiger partial charge on any atom is 0.342 e. The topological polar surface area (TPSA) is 105 Å². The highest BCUT2D eigenvalue weighted by Gasteiger charge is 2.30. The first-order valence-electron chi connectivity index (χ1n) is 10.0. The Labute approximate surface area is 186 Å². The number of aromatic nitrogens is 1. The fraction of sp³-hybridized carbons (Fsp3) is 0.478. The predicted molar refractivity (Wildman–Crippen MR) is 121 cm³/mol. The number of thiophene rings is 1. The van der Waals surface area contributed by atoms with Crippen LogP contribution in [0.3, 0.4) is 0 Å². The summed E-state index contributed by atoms with van der Waals surface area (Å²) in [6.07, 6.45) is -1.07. The normalized spacial score (nSPS) is 12.4. The minimum Gasteiger partial charge on any atom is -0.451 e. The molecule has 31 heavy (non-hydrogen) atoms. The first-order chi connectivity index (χ1) is 14.2. The molecule has 8 heteroatoms. The molecule has 0 fully saturated rings. The Hall–Kier alpha value is -2.74. The Bertz CT molecular complexity index is 1070. The molecule has 7 nitrogen and oxygen atoms in total. The molecule has 0 bridgehead atoms. The molecular weight excluding hydrogens is 416 g/mol. The van der Waals surface area contributed by atoms with Gasteiger partial charge in [-0.15, -0.1) is 11.3 Å². The van der Waals surface area contributed by atoms with Gasteiger partial charge in [0.05, 0.1) is 11.3 Å². The van der Waals surface area contributed by atoms with E-state index in [-0.39, 0.29) is 22.9 Å². The molecule has 0 aliphatic carbocycles. The highest BCUT2D eigenvalue weighted by Crippen LogP contribution is 2.34. The van der Waals surface area contributed by atoms with E-state index in [2.05, 4.69) is 10.3 Å². The summed E-state index contributed by atoms with van der Waals surface area (Å²) < 4.78 is 5.48. The van der Waals surface area contributed by atoms with Crippen molar-refractivity contribution in [3.8, 4) is 0 Å². The molecule has 2 aromatic heterocycles. The molecule has 0 aliphatic rings. The van der Waals surface area contributed by atoms with Gasteiger partial charge in [-0.1, -0.05) is 20.8 Å². The molecular formula is C23H30N2O5S. The van der Waals surface area contributed by atoms with Gasteiger partial charge in [0.2, 0.25) is 11.7 Å². The summed E-state index contributed by atoms with van der Waals surface area (Å²) in [6, 6.07) is 0. The van der Waals surface area contributed by atoms with Gasteiger partial charge in [-0.25, -0.2) is 4.79 Å². The van der Waals surface area contributed by atoms with Crippen molar-refractivity contribution in [2.75, 3.05) is 5.32 Å². The molecule has 2 heterocycles. The molecule has 0 saturated heterocycles. The van der Waals surface area contributed by atoms with Crippen LogP contribution >= 0.6 is 11.3 Å². The van der Waals surface area contributed by atoms with Crippen molar-refractivity contribution >= 4 is 39.8 Å². The number of carbonyl (C=O) groups excluding carboxylic acids is 4. The number of anilines is 1. The number of rotatable bonds is 6. The van der Waals surface area contributed by atoms with Crippen LogP contribution in [0.2, 0.25) is 0 Å². The lowest BCUT2D eigenvalue weighted by atomic mass is 9.96. The van der Waals surface area contributed by atoms with Crippen molar-refractivity contribution in [2.24, 2.45) is 5.41 Å². The number of aromatic amines is 1. The van der Waals surface area contributed by atoms with Crippen LogP contribution in [0.1, 0.15) is 87.5 Å². The van der Waals surface area contributed by atoms with Crippen molar-refractivity contribution in [3.63, 3.8) is 0 Å². The number of esters is 1. The van der Waals surface area contributed by atoms with E-state index < -0.39 is 23.3 Å². The molecule has 0 aliphatic heterocycles. The minimum atomic E-state index is -1.07. The summed E-state index contributed by atoms with van der Waals surface area (Å²) in [5.74, 6) is -1.47. The summed E-state index contributed by atoms with van der Waals surface area (Å²) >= 11 is 1.30. The highest BCUT2D eigenvalue weighted by molar-refractivity contribution is 7.16. The third-order valence-electron chi connectivity index (χ3n) is 5.19. The molecule has 0 radical (unpaired) electrons. The summed E-state index contributed by atoms with van der Waals surface area (Å²) in [4.78, 5) is 54.0. The largest absolute Gasteiger partial charge is 0.451 e. The minimum absolute atomic E-state index is 0.140. The van der Waals surface area contributed by atoms with E-state index in [1.54, 1.807) is 41.5 Å². The Morgan fingerprint density at radius 1 is 1.00 bits per heavy atom. The zero-order valence-corrected chi connectivity index (χ0v) is 20.3. The van der Waals surface area contributed by atoms with E-state index in [0.717, 1.165) is 4.88 Å². The summed E-state index contributed by atoms with van der Waals surface area (Å²) in [6.45, 7) is 15.3. The number of aryl methyl sites for hydroxylation is 2. The van der Waals surface area contributed by atoms with Crippen LogP contribution in [0.15, 0.2) is 0 Å². The molecule has 0 spiro atoms. The second-order valence-electron chi connectivity index (χ2n) is 8.78. The van der Waals surface area contributed by atoms with Gasteiger partial charge in [0.15, 0.2) is 11.9 Å². The van der Waals surface area contributed by atoms with Gasteiger partial charge < -0.3 is 15.0 Å². The third kappa shape index (κ3) is 4.95. The molecule has 0 aromatic carbocycles. The second-order valence-corrected chi connectivity index (χ2v) is 10.0. The van der Waals surface area contributed by atoms with Gasteiger partial charge in [-0.05, 0) is 52.7 Å². The Balaban J connectivity index is 2.30. The number of hydrogen-bond acceptors (Lipinski definition) is 6. The molecule has 168 valence electrons. The van der Waals surface area contributed by atoms with Crippen LogP contribution in [0, 0.1) is 33.1 Å². The summed E-state index contributed by atoms with van der Waals surface area (Å²) in [5.41, 5.74) is 2.18. The lowest BCUT2D eigenvalue weighted by Crippen LogP contribution is -2.29. The SMILES string of the molecule is CC(=O)c1c(C)[nH]c(C(=O)C(C)OC(=O)c2c(NC(=O)C(C)(C)C)sc(C)c2C)c1C. The third-order valence-corrected chi connectivity index (χ3v) is 6.31. The van der Waals surface area contributed by atoms with Crippen LogP contribution in [0.4, 0.5) is 5.00 Å². The average molecular weight is 447 g/mol. The number of ether oxygens (including phenoxy) is 1. The quantitative estimate of drug-likeness (QED) is 0.484. The Morgan fingerprint density at radius 3 is 2.06 bits per heavy atom. The predicted octanol–water partition coefficient (Wildman–Crippen LogP) is 4.93. The molecule has 0 saturated carbocycles. The average Bonchev–Trinajstić information content (AvgIpc) is 3.08. The van der Waals surface area contributed by atoms with Crippen LogP contribution < -0.4 is 5.32 Å². The Kier molecular flexibility index (Phi) is 6.95. The van der Waals surface area contributed by atoms with Crippen LogP contribution in [-0.2, 0) is 9.53 Å². The number of hydrogen-bond donors (Lipinski definition) is 2. The number of ketones is 2. The highest BCUT2D eigenvalue weighted by atomic mass is 32.1. The second kappa shape index (κ2) is 8.78. The van der Waals surface area contributed by atoms with Gasteiger partial charge in [-0.3, -0.25) is 14.4 Å². The van der Waals surface area contributed by atoms with Crippen LogP contribution in [-0.4, -0.2) is 34.5 Å². The van der Waals surface area contributed by atoms with Crippen molar-refractivity contribution < 1.29 is 23.9 Å². The van der Waals surface area contributed by atoms with E-state index in [0.29, 0.717) is 27.4 Å². The van der Waals surface area contributed by atoms with E-state index in [4.69, 9.17) is 4.74 Å². The summed E-state index contributed by atoms with van der Waals surface area (Å²) in [5, 5.41) is 3.22. The number of amides is 1. The smallest absolute Gasteiger partial charge is 0.342 e. The number of Topliss-reactive ketones (excluding diaryl/α,β-unsaturated/α-hetero) is 2. The Morgan fingerprint density at radius 2 is 1.58 bits per heavy atom. The standard InChI is InChI=1S/C23H30N2O5S/c1-10-15(6)31-20(25-22(29)23(7,8)9)17(10)21(28)30-14(5)19(27)18-11(2)16(13(4)26)12(3)24-18/h14,24H,1-9H3,(H,25,29). The molecule has 1 atom stereocenters.